The maximum atomic E-state index is 5.32. The Bertz CT molecular complexity index is 480. The van der Waals surface area contributed by atoms with E-state index in [0.29, 0.717) is 0 Å². The van der Waals surface area contributed by atoms with Crippen LogP contribution in [0.1, 0.15) is 0 Å². The van der Waals surface area contributed by atoms with E-state index >= 15 is 0 Å². The monoisotopic (exact) mass is 228 g/mol. The average Bonchev–Trinajstić information content (AvgIpc) is 2.33. The molecule has 0 fully saturated rings. The van der Waals surface area contributed by atoms with Crippen LogP contribution >= 0.6 is 11.8 Å². The van der Waals surface area contributed by atoms with Crippen LogP contribution in [-0.2, 0) is 0 Å². The van der Waals surface area contributed by atoms with E-state index in [1.54, 1.807) is 11.8 Å². The molecule has 2 aromatic carbocycles. The zero-order valence-corrected chi connectivity index (χ0v) is 9.52. The molecule has 0 atom stereocenters. The summed E-state index contributed by atoms with van der Waals surface area (Å²) < 4.78 is 0. The zero-order chi connectivity index (χ0) is 11.2. The van der Waals surface area contributed by atoms with E-state index < -0.39 is 0 Å². The molecule has 0 heterocycles. The van der Waals surface area contributed by atoms with Crippen molar-refractivity contribution in [2.24, 2.45) is 10.7 Å². The second-order valence-electron chi connectivity index (χ2n) is 3.16. The van der Waals surface area contributed by atoms with Gasteiger partial charge in [-0.3, -0.25) is 0 Å². The highest BCUT2D eigenvalue weighted by molar-refractivity contribution is 7.99. The van der Waals surface area contributed by atoms with E-state index in [9.17, 15) is 0 Å². The molecule has 0 radical (unpaired) electrons. The van der Waals surface area contributed by atoms with E-state index in [4.69, 9.17) is 5.73 Å². The first-order valence-electron chi connectivity index (χ1n) is 4.96. The van der Waals surface area contributed by atoms with Crippen LogP contribution < -0.4 is 5.73 Å². The first-order chi connectivity index (χ1) is 7.90. The van der Waals surface area contributed by atoms with Gasteiger partial charge in [-0.2, -0.15) is 0 Å². The van der Waals surface area contributed by atoms with Crippen molar-refractivity contribution >= 4 is 23.8 Å². The lowest BCUT2D eigenvalue weighted by Crippen LogP contribution is -1.87. The molecule has 2 aromatic rings. The van der Waals surface area contributed by atoms with Crippen molar-refractivity contribution in [2.75, 3.05) is 0 Å². The third kappa shape index (κ3) is 2.64. The quantitative estimate of drug-likeness (QED) is 0.645. The number of hydrogen-bond donors (Lipinski definition) is 1. The fraction of sp³-hybridized carbons (Fsp3) is 0. The van der Waals surface area contributed by atoms with Crippen LogP contribution in [0.5, 0.6) is 0 Å². The molecule has 2 rings (SSSR count). The topological polar surface area (TPSA) is 38.4 Å². The summed E-state index contributed by atoms with van der Waals surface area (Å²) in [6.07, 6.45) is 1.32. The van der Waals surface area contributed by atoms with Crippen molar-refractivity contribution in [1.82, 2.24) is 0 Å². The highest BCUT2D eigenvalue weighted by Crippen LogP contribution is 2.34. The largest absolute Gasteiger partial charge is 0.390 e. The first-order valence-corrected chi connectivity index (χ1v) is 5.78. The van der Waals surface area contributed by atoms with Crippen LogP contribution in [-0.4, -0.2) is 6.34 Å². The van der Waals surface area contributed by atoms with E-state index in [2.05, 4.69) is 17.1 Å². The first kappa shape index (κ1) is 10.8. The zero-order valence-electron chi connectivity index (χ0n) is 8.71. The number of hydrogen-bond acceptors (Lipinski definition) is 2. The maximum absolute atomic E-state index is 5.32. The fourth-order valence-corrected chi connectivity index (χ4v) is 2.27. The highest BCUT2D eigenvalue weighted by Gasteiger charge is 2.01. The van der Waals surface area contributed by atoms with Gasteiger partial charge in [-0.1, -0.05) is 42.1 Å². The summed E-state index contributed by atoms with van der Waals surface area (Å²) >= 11 is 1.68. The molecule has 3 heteroatoms. The molecular formula is C13H12N2S. The summed E-state index contributed by atoms with van der Waals surface area (Å²) in [5, 5.41) is 0. The number of benzene rings is 2. The van der Waals surface area contributed by atoms with Crippen LogP contribution in [0, 0.1) is 0 Å². The van der Waals surface area contributed by atoms with Gasteiger partial charge >= 0.3 is 0 Å². The van der Waals surface area contributed by atoms with Gasteiger partial charge in [0.15, 0.2) is 0 Å². The molecule has 2 N–H and O–H groups in total. The Hall–Kier alpha value is -1.74. The van der Waals surface area contributed by atoms with Crippen LogP contribution in [0.15, 0.2) is 69.4 Å². The molecule has 0 bridgehead atoms. The van der Waals surface area contributed by atoms with E-state index in [1.807, 2.05) is 42.5 Å². The Labute approximate surface area is 99.2 Å². The van der Waals surface area contributed by atoms with Gasteiger partial charge < -0.3 is 5.73 Å². The molecule has 0 aliphatic carbocycles. The molecule has 16 heavy (non-hydrogen) atoms. The lowest BCUT2D eigenvalue weighted by molar-refractivity contribution is 1.35. The highest BCUT2D eigenvalue weighted by atomic mass is 32.2. The maximum Gasteiger partial charge on any atom is 0.0860 e. The molecule has 0 unspecified atom stereocenters. The van der Waals surface area contributed by atoms with Gasteiger partial charge in [-0.05, 0) is 24.3 Å². The number of para-hydroxylation sites is 1. The van der Waals surface area contributed by atoms with Gasteiger partial charge in [0.05, 0.1) is 12.0 Å². The predicted octanol–water partition coefficient (Wildman–Crippen LogP) is 3.46. The summed E-state index contributed by atoms with van der Waals surface area (Å²) in [7, 11) is 0. The third-order valence-electron chi connectivity index (χ3n) is 2.05. The van der Waals surface area contributed by atoms with Crippen molar-refractivity contribution in [2.45, 2.75) is 9.79 Å². The van der Waals surface area contributed by atoms with Gasteiger partial charge in [-0.25, -0.2) is 4.99 Å². The summed E-state index contributed by atoms with van der Waals surface area (Å²) in [6, 6.07) is 18.2. The van der Waals surface area contributed by atoms with Crippen molar-refractivity contribution in [1.29, 1.82) is 0 Å². The summed E-state index contributed by atoms with van der Waals surface area (Å²) in [5.74, 6) is 0. The Morgan fingerprint density at radius 1 is 0.938 bits per heavy atom. The number of rotatable bonds is 3. The SMILES string of the molecule is NC=Nc1ccccc1Sc1ccccc1. The molecule has 0 aliphatic rings. The molecule has 0 saturated carbocycles. The third-order valence-corrected chi connectivity index (χ3v) is 3.12. The van der Waals surface area contributed by atoms with Crippen molar-refractivity contribution < 1.29 is 0 Å². The van der Waals surface area contributed by atoms with Crippen LogP contribution in [0.2, 0.25) is 0 Å². The lowest BCUT2D eigenvalue weighted by atomic mass is 10.3. The Balaban J connectivity index is 2.28. The van der Waals surface area contributed by atoms with E-state index in [-0.39, 0.29) is 0 Å². The average molecular weight is 228 g/mol. The number of nitrogens with zero attached hydrogens (tertiary/aromatic N) is 1. The van der Waals surface area contributed by atoms with Crippen molar-refractivity contribution in [3.63, 3.8) is 0 Å². The predicted molar refractivity (Wildman–Crippen MR) is 69.3 cm³/mol. The smallest absolute Gasteiger partial charge is 0.0860 e. The minimum absolute atomic E-state index is 0.902. The van der Waals surface area contributed by atoms with Crippen LogP contribution in [0.25, 0.3) is 0 Å². The minimum atomic E-state index is 0.902. The summed E-state index contributed by atoms with van der Waals surface area (Å²) in [5.41, 5.74) is 6.22. The number of aliphatic imine (C=N–C) groups is 1. The Morgan fingerprint density at radius 3 is 2.38 bits per heavy atom. The second-order valence-corrected chi connectivity index (χ2v) is 4.28. The van der Waals surface area contributed by atoms with Gasteiger partial charge in [0.25, 0.3) is 0 Å². The van der Waals surface area contributed by atoms with Crippen molar-refractivity contribution in [3.8, 4) is 0 Å². The normalized spacial score (nSPS) is 10.8. The second kappa shape index (κ2) is 5.37. The summed E-state index contributed by atoms with van der Waals surface area (Å²) in [4.78, 5) is 6.44. The van der Waals surface area contributed by atoms with Crippen molar-refractivity contribution in [3.05, 3.63) is 54.6 Å². The molecule has 0 spiro atoms. The lowest BCUT2D eigenvalue weighted by Gasteiger charge is -2.04. The minimum Gasteiger partial charge on any atom is -0.390 e. The standard InChI is InChI=1S/C13H12N2S/c14-10-15-12-8-4-5-9-13(12)16-11-6-2-1-3-7-11/h1-10H,(H2,14,15). The molecule has 0 saturated heterocycles. The molecule has 0 amide bonds. The Morgan fingerprint density at radius 2 is 1.62 bits per heavy atom. The van der Waals surface area contributed by atoms with E-state index in [0.717, 1.165) is 10.6 Å². The molecule has 80 valence electrons. The molecule has 0 aromatic heterocycles. The van der Waals surface area contributed by atoms with Gasteiger partial charge in [0.1, 0.15) is 0 Å². The van der Waals surface area contributed by atoms with Crippen LogP contribution in [0.3, 0.4) is 0 Å². The fourth-order valence-electron chi connectivity index (χ4n) is 1.35. The van der Waals surface area contributed by atoms with Gasteiger partial charge in [0, 0.05) is 9.79 Å². The Kier molecular flexibility index (Phi) is 3.62. The number of nitrogens with two attached hydrogens (primary N) is 1. The van der Waals surface area contributed by atoms with Gasteiger partial charge in [0.2, 0.25) is 0 Å². The molecular weight excluding hydrogens is 216 g/mol. The molecule has 2 nitrogen and oxygen atoms in total. The van der Waals surface area contributed by atoms with Crippen LogP contribution in [0.4, 0.5) is 5.69 Å². The molecule has 0 aliphatic heterocycles. The van der Waals surface area contributed by atoms with Gasteiger partial charge in [-0.15, -0.1) is 0 Å². The van der Waals surface area contributed by atoms with E-state index in [1.165, 1.54) is 11.2 Å². The summed E-state index contributed by atoms with van der Waals surface area (Å²) in [6.45, 7) is 0.